The second-order valence-electron chi connectivity index (χ2n) is 5.19. The van der Waals surface area contributed by atoms with Crippen LogP contribution in [0.2, 0.25) is 0 Å². The van der Waals surface area contributed by atoms with Crippen LogP contribution in [0.1, 0.15) is 10.4 Å². The molecule has 23 heavy (non-hydrogen) atoms. The summed E-state index contributed by atoms with van der Waals surface area (Å²) in [6, 6.07) is 7.93. The summed E-state index contributed by atoms with van der Waals surface area (Å²) < 4.78 is 5.34. The van der Waals surface area contributed by atoms with Gasteiger partial charge >= 0.3 is 0 Å². The Balaban J connectivity index is 1.49. The van der Waals surface area contributed by atoms with Gasteiger partial charge in [0.1, 0.15) is 5.82 Å². The van der Waals surface area contributed by atoms with Crippen LogP contribution in [0, 0.1) is 0 Å². The molecular weight excluding hydrogens is 310 g/mol. The van der Waals surface area contributed by atoms with E-state index in [0.29, 0.717) is 6.54 Å². The van der Waals surface area contributed by atoms with Crippen molar-refractivity contribution in [2.24, 2.45) is 0 Å². The third-order valence-electron chi connectivity index (χ3n) is 3.55. The van der Waals surface area contributed by atoms with Crippen LogP contribution in [0.3, 0.4) is 0 Å². The molecule has 0 saturated carbocycles. The number of anilines is 1. The topological polar surface area (TPSA) is 54.5 Å². The summed E-state index contributed by atoms with van der Waals surface area (Å²) in [5.74, 6) is 0.858. The van der Waals surface area contributed by atoms with Gasteiger partial charge in [-0.2, -0.15) is 0 Å². The summed E-state index contributed by atoms with van der Waals surface area (Å²) in [6.07, 6.45) is 5.19. The van der Waals surface area contributed by atoms with Gasteiger partial charge in [0.05, 0.1) is 13.2 Å². The number of hydrogen-bond donors (Lipinski definition) is 1. The lowest BCUT2D eigenvalue weighted by Gasteiger charge is -2.27. The second kappa shape index (κ2) is 7.89. The fourth-order valence-corrected chi connectivity index (χ4v) is 2.91. The Morgan fingerprint density at radius 1 is 1.35 bits per heavy atom. The van der Waals surface area contributed by atoms with Gasteiger partial charge in [0.2, 0.25) is 5.91 Å². The molecule has 2 aromatic heterocycles. The van der Waals surface area contributed by atoms with Gasteiger partial charge in [-0.25, -0.2) is 4.98 Å². The molecule has 1 aliphatic rings. The van der Waals surface area contributed by atoms with E-state index < -0.39 is 0 Å². The van der Waals surface area contributed by atoms with Gasteiger partial charge in [-0.1, -0.05) is 12.1 Å². The normalized spacial score (nSPS) is 15.0. The number of carbonyl (C=O) groups is 1. The van der Waals surface area contributed by atoms with Gasteiger partial charge in [-0.05, 0) is 29.2 Å². The van der Waals surface area contributed by atoms with E-state index in [1.807, 2.05) is 41.9 Å². The average Bonchev–Trinajstić information content (AvgIpc) is 3.13. The highest BCUT2D eigenvalue weighted by Gasteiger charge is 2.11. The first kappa shape index (κ1) is 15.7. The smallest absolute Gasteiger partial charge is 0.244 e. The zero-order valence-corrected chi connectivity index (χ0v) is 13.6. The molecule has 1 fully saturated rings. The molecule has 1 saturated heterocycles. The van der Waals surface area contributed by atoms with Crippen molar-refractivity contribution in [2.75, 3.05) is 31.2 Å². The van der Waals surface area contributed by atoms with Crippen molar-refractivity contribution in [3.63, 3.8) is 0 Å². The number of morpholine rings is 1. The third-order valence-corrected chi connectivity index (χ3v) is 4.39. The molecular formula is C17H19N3O2S. The average molecular weight is 329 g/mol. The van der Waals surface area contributed by atoms with Gasteiger partial charge in [0.15, 0.2) is 0 Å². The molecule has 0 radical (unpaired) electrons. The first-order valence-electron chi connectivity index (χ1n) is 7.58. The molecule has 0 spiro atoms. The predicted molar refractivity (Wildman–Crippen MR) is 92.5 cm³/mol. The van der Waals surface area contributed by atoms with Crippen LogP contribution in [-0.2, 0) is 16.1 Å². The zero-order valence-electron chi connectivity index (χ0n) is 12.8. The summed E-state index contributed by atoms with van der Waals surface area (Å²) >= 11 is 1.60. The maximum absolute atomic E-state index is 11.8. The van der Waals surface area contributed by atoms with Crippen LogP contribution >= 0.6 is 11.3 Å². The van der Waals surface area contributed by atoms with Crippen LogP contribution in [0.15, 0.2) is 41.9 Å². The van der Waals surface area contributed by atoms with Gasteiger partial charge in [0, 0.05) is 36.8 Å². The Hall–Kier alpha value is -2.18. The molecule has 3 heterocycles. The summed E-state index contributed by atoms with van der Waals surface area (Å²) in [4.78, 5) is 19.5. The number of nitrogens with one attached hydrogen (secondary N) is 1. The molecule has 0 bridgehead atoms. The first-order chi connectivity index (χ1) is 11.3. The highest BCUT2D eigenvalue weighted by molar-refractivity contribution is 7.10. The number of nitrogens with zero attached hydrogens (tertiary/aromatic N) is 2. The number of amides is 1. The Bertz CT molecular complexity index is 647. The van der Waals surface area contributed by atoms with E-state index in [-0.39, 0.29) is 5.91 Å². The maximum Gasteiger partial charge on any atom is 0.244 e. The zero-order chi connectivity index (χ0) is 15.9. The van der Waals surface area contributed by atoms with Crippen molar-refractivity contribution < 1.29 is 9.53 Å². The van der Waals surface area contributed by atoms with Gasteiger partial charge < -0.3 is 15.0 Å². The Labute approximate surface area is 139 Å². The SMILES string of the molecule is O=C(/C=C/c1cccs1)NCc1ccc(N2CCOCC2)nc1. The molecule has 120 valence electrons. The highest BCUT2D eigenvalue weighted by Crippen LogP contribution is 2.13. The maximum atomic E-state index is 11.8. The van der Waals surface area contributed by atoms with E-state index in [9.17, 15) is 4.79 Å². The second-order valence-corrected chi connectivity index (χ2v) is 6.17. The molecule has 0 aliphatic carbocycles. The lowest BCUT2D eigenvalue weighted by atomic mass is 10.2. The predicted octanol–water partition coefficient (Wildman–Crippen LogP) is 2.31. The Kier molecular flexibility index (Phi) is 5.39. The van der Waals surface area contributed by atoms with E-state index in [2.05, 4.69) is 15.2 Å². The van der Waals surface area contributed by atoms with E-state index in [1.165, 1.54) is 0 Å². The fourth-order valence-electron chi connectivity index (χ4n) is 2.29. The van der Waals surface area contributed by atoms with Crippen molar-refractivity contribution in [1.29, 1.82) is 0 Å². The van der Waals surface area contributed by atoms with Crippen LogP contribution in [-0.4, -0.2) is 37.2 Å². The molecule has 0 aromatic carbocycles. The van der Waals surface area contributed by atoms with E-state index in [1.54, 1.807) is 17.4 Å². The van der Waals surface area contributed by atoms with Gasteiger partial charge in [0.25, 0.3) is 0 Å². The number of aromatic nitrogens is 1. The van der Waals surface area contributed by atoms with E-state index >= 15 is 0 Å². The van der Waals surface area contributed by atoms with E-state index in [0.717, 1.165) is 42.6 Å². The minimum Gasteiger partial charge on any atom is -0.378 e. The van der Waals surface area contributed by atoms with Gasteiger partial charge in [-0.3, -0.25) is 4.79 Å². The summed E-state index contributed by atoms with van der Waals surface area (Å²) in [5, 5.41) is 4.85. The number of hydrogen-bond acceptors (Lipinski definition) is 5. The third kappa shape index (κ3) is 4.64. The van der Waals surface area contributed by atoms with Crippen LogP contribution in [0.25, 0.3) is 6.08 Å². The van der Waals surface area contributed by atoms with Gasteiger partial charge in [-0.15, -0.1) is 11.3 Å². The lowest BCUT2D eigenvalue weighted by Crippen LogP contribution is -2.36. The van der Waals surface area contributed by atoms with Crippen molar-refractivity contribution in [3.05, 3.63) is 52.4 Å². The molecule has 5 nitrogen and oxygen atoms in total. The highest BCUT2D eigenvalue weighted by atomic mass is 32.1. The van der Waals surface area contributed by atoms with Crippen molar-refractivity contribution in [1.82, 2.24) is 10.3 Å². The number of carbonyl (C=O) groups excluding carboxylic acids is 1. The Morgan fingerprint density at radius 2 is 2.22 bits per heavy atom. The van der Waals surface area contributed by atoms with Crippen LogP contribution in [0.5, 0.6) is 0 Å². The molecule has 3 rings (SSSR count). The summed E-state index contributed by atoms with van der Waals surface area (Å²) in [5.41, 5.74) is 0.986. The molecule has 6 heteroatoms. The van der Waals surface area contributed by atoms with Crippen molar-refractivity contribution in [3.8, 4) is 0 Å². The van der Waals surface area contributed by atoms with Crippen molar-refractivity contribution >= 4 is 29.1 Å². The van der Waals surface area contributed by atoms with Crippen LogP contribution in [0.4, 0.5) is 5.82 Å². The standard InChI is InChI=1S/C17H19N3O2S/c21-17(6-4-15-2-1-11-23-15)19-13-14-3-5-16(18-12-14)20-7-9-22-10-8-20/h1-6,11-12H,7-10,13H2,(H,19,21)/b6-4+. The number of ether oxygens (including phenoxy) is 1. The molecule has 2 aromatic rings. The molecule has 0 atom stereocenters. The minimum absolute atomic E-state index is 0.101. The number of rotatable bonds is 5. The molecule has 1 amide bonds. The monoisotopic (exact) mass is 329 g/mol. The first-order valence-corrected chi connectivity index (χ1v) is 8.46. The minimum atomic E-state index is -0.101. The van der Waals surface area contributed by atoms with E-state index in [4.69, 9.17) is 4.74 Å². The lowest BCUT2D eigenvalue weighted by molar-refractivity contribution is -0.116. The van der Waals surface area contributed by atoms with Crippen molar-refractivity contribution in [2.45, 2.75) is 6.54 Å². The largest absolute Gasteiger partial charge is 0.378 e. The quantitative estimate of drug-likeness (QED) is 0.855. The van der Waals surface area contributed by atoms with Crippen LogP contribution < -0.4 is 10.2 Å². The summed E-state index contributed by atoms with van der Waals surface area (Å²) in [7, 11) is 0. The summed E-state index contributed by atoms with van der Waals surface area (Å²) in [6.45, 7) is 3.71. The fraction of sp³-hybridized carbons (Fsp3) is 0.294. The number of thiophene rings is 1. The molecule has 0 unspecified atom stereocenters. The molecule has 1 aliphatic heterocycles. The number of pyridine rings is 1. The Morgan fingerprint density at radius 3 is 2.91 bits per heavy atom. The molecule has 1 N–H and O–H groups in total.